The van der Waals surface area contributed by atoms with Crippen LogP contribution in [0.1, 0.15) is 56.8 Å². The predicted molar refractivity (Wildman–Crippen MR) is 148 cm³/mol. The molecule has 9 nitrogen and oxygen atoms in total. The highest BCUT2D eigenvalue weighted by atomic mass is 32.2. The second-order valence-electron chi connectivity index (χ2n) is 7.78. The number of allylic oxidation sites excluding steroid dienone is 1. The number of hydrogen-bond donors (Lipinski definition) is 1. The molecule has 0 aliphatic rings. The number of esters is 2. The third-order valence-electron chi connectivity index (χ3n) is 5.40. The van der Waals surface area contributed by atoms with Crippen LogP contribution in [-0.4, -0.2) is 51.6 Å². The molecule has 198 valence electrons. The van der Waals surface area contributed by atoms with Crippen LogP contribution in [0.3, 0.4) is 0 Å². The topological polar surface area (TPSA) is 112 Å². The molecule has 0 spiro atoms. The zero-order valence-electron chi connectivity index (χ0n) is 21.5. The number of amides is 1. The lowest BCUT2D eigenvalue weighted by Crippen LogP contribution is -2.17. The van der Waals surface area contributed by atoms with Crippen molar-refractivity contribution in [2.24, 2.45) is 0 Å². The molecule has 0 atom stereocenters. The lowest BCUT2D eigenvalue weighted by molar-refractivity contribution is -0.113. The molecule has 0 bridgehead atoms. The average molecular weight is 563 g/mol. The molecule has 0 unspecified atom stereocenters. The SMILES string of the molecule is C=CCn1c(SCC(=O)Nc2sc(C(=O)OCC)c(C)c2C(=O)OCC)nnc1-c1csc(C)c1CC. The number of aromatic nitrogens is 3. The number of hydrogen-bond acceptors (Lipinski definition) is 10. The van der Waals surface area contributed by atoms with Crippen LogP contribution in [0.4, 0.5) is 5.00 Å². The minimum atomic E-state index is -0.608. The number of carbonyl (C=O) groups excluding carboxylic acids is 3. The number of thiophene rings is 2. The first-order valence-electron chi connectivity index (χ1n) is 11.8. The Labute approximate surface area is 228 Å². The maximum Gasteiger partial charge on any atom is 0.348 e. The molecular weight excluding hydrogens is 532 g/mol. The Balaban J connectivity index is 1.82. The molecule has 0 aromatic carbocycles. The average Bonchev–Trinajstić information content (AvgIpc) is 3.53. The highest BCUT2D eigenvalue weighted by Gasteiger charge is 2.27. The molecular formula is C25H30N4O5S3. The standard InChI is InChI=1S/C25H30N4O5S3/c1-7-11-29-21(17-12-35-15(6)16(17)8-2)27-28-25(29)36-13-18(30)26-22-19(23(31)33-9-3)14(5)20(37-22)24(32)34-10-4/h7,12H,1,8-11,13H2,2-6H3,(H,26,30). The van der Waals surface area contributed by atoms with E-state index >= 15 is 0 Å². The van der Waals surface area contributed by atoms with Crippen molar-refractivity contribution in [2.75, 3.05) is 24.3 Å². The van der Waals surface area contributed by atoms with Crippen molar-refractivity contribution in [1.82, 2.24) is 14.8 Å². The Morgan fingerprint density at radius 3 is 2.49 bits per heavy atom. The monoisotopic (exact) mass is 562 g/mol. The van der Waals surface area contributed by atoms with Gasteiger partial charge in [0.1, 0.15) is 9.88 Å². The number of nitrogens with one attached hydrogen (secondary N) is 1. The number of rotatable bonds is 12. The van der Waals surface area contributed by atoms with Crippen LogP contribution < -0.4 is 5.32 Å². The molecule has 1 amide bonds. The zero-order chi connectivity index (χ0) is 27.1. The number of thioether (sulfide) groups is 1. The van der Waals surface area contributed by atoms with Gasteiger partial charge in [0.15, 0.2) is 11.0 Å². The zero-order valence-corrected chi connectivity index (χ0v) is 24.0. The fourth-order valence-corrected chi connectivity index (χ4v) is 6.52. The fraction of sp³-hybridized carbons (Fsp3) is 0.400. The van der Waals surface area contributed by atoms with Gasteiger partial charge >= 0.3 is 11.9 Å². The smallest absolute Gasteiger partial charge is 0.348 e. The lowest BCUT2D eigenvalue weighted by atomic mass is 10.1. The largest absolute Gasteiger partial charge is 0.462 e. The van der Waals surface area contributed by atoms with Crippen LogP contribution >= 0.6 is 34.4 Å². The van der Waals surface area contributed by atoms with Crippen molar-refractivity contribution >= 4 is 57.3 Å². The van der Waals surface area contributed by atoms with E-state index in [0.717, 1.165) is 29.1 Å². The van der Waals surface area contributed by atoms with Gasteiger partial charge in [-0.3, -0.25) is 9.36 Å². The van der Waals surface area contributed by atoms with Crippen molar-refractivity contribution in [3.8, 4) is 11.4 Å². The van der Waals surface area contributed by atoms with E-state index in [1.165, 1.54) is 22.2 Å². The van der Waals surface area contributed by atoms with E-state index in [1.807, 2.05) is 4.57 Å². The maximum atomic E-state index is 12.9. The second-order valence-corrected chi connectivity index (χ2v) is 10.8. The van der Waals surface area contributed by atoms with Crippen molar-refractivity contribution in [2.45, 2.75) is 52.7 Å². The molecule has 0 aliphatic heterocycles. The van der Waals surface area contributed by atoms with Crippen molar-refractivity contribution < 1.29 is 23.9 Å². The highest BCUT2D eigenvalue weighted by molar-refractivity contribution is 7.99. The molecule has 1 N–H and O–H groups in total. The summed E-state index contributed by atoms with van der Waals surface area (Å²) in [6.45, 7) is 13.9. The summed E-state index contributed by atoms with van der Waals surface area (Å²) in [5.41, 5.74) is 2.84. The first kappa shape index (κ1) is 28.6. The minimum absolute atomic E-state index is 0.0204. The van der Waals surface area contributed by atoms with Gasteiger partial charge in [-0.15, -0.1) is 39.4 Å². The summed E-state index contributed by atoms with van der Waals surface area (Å²) in [4.78, 5) is 39.4. The van der Waals surface area contributed by atoms with Gasteiger partial charge in [-0.2, -0.15) is 0 Å². The first-order chi connectivity index (χ1) is 17.8. The molecule has 37 heavy (non-hydrogen) atoms. The van der Waals surface area contributed by atoms with Crippen molar-refractivity contribution in [3.63, 3.8) is 0 Å². The number of carbonyl (C=O) groups is 3. The van der Waals surface area contributed by atoms with E-state index in [1.54, 1.807) is 38.2 Å². The van der Waals surface area contributed by atoms with Crippen LogP contribution in [0.2, 0.25) is 0 Å². The highest BCUT2D eigenvalue weighted by Crippen LogP contribution is 2.35. The molecule has 3 rings (SSSR count). The molecule has 0 saturated carbocycles. The third kappa shape index (κ3) is 6.31. The van der Waals surface area contributed by atoms with Gasteiger partial charge in [0.25, 0.3) is 0 Å². The van der Waals surface area contributed by atoms with Crippen LogP contribution in [0.15, 0.2) is 23.2 Å². The quantitative estimate of drug-likeness (QED) is 0.175. The Morgan fingerprint density at radius 1 is 1.14 bits per heavy atom. The van der Waals surface area contributed by atoms with Crippen molar-refractivity contribution in [1.29, 1.82) is 0 Å². The van der Waals surface area contributed by atoms with Gasteiger partial charge in [0, 0.05) is 22.4 Å². The molecule has 0 saturated heterocycles. The summed E-state index contributed by atoms with van der Waals surface area (Å²) >= 11 is 3.90. The van der Waals surface area contributed by atoms with Crippen LogP contribution in [0.25, 0.3) is 11.4 Å². The van der Waals surface area contributed by atoms with Gasteiger partial charge in [-0.05, 0) is 45.2 Å². The minimum Gasteiger partial charge on any atom is -0.462 e. The molecule has 12 heteroatoms. The Morgan fingerprint density at radius 2 is 1.84 bits per heavy atom. The summed E-state index contributed by atoms with van der Waals surface area (Å²) in [6, 6.07) is 0. The molecule has 0 fully saturated rings. The van der Waals surface area contributed by atoms with Gasteiger partial charge in [-0.1, -0.05) is 24.8 Å². The summed E-state index contributed by atoms with van der Waals surface area (Å²) in [5, 5.41) is 14.4. The third-order valence-corrected chi connectivity index (χ3v) is 8.51. The normalized spacial score (nSPS) is 10.8. The van der Waals surface area contributed by atoms with E-state index in [-0.39, 0.29) is 40.3 Å². The Bertz CT molecular complexity index is 1310. The lowest BCUT2D eigenvalue weighted by Gasteiger charge is -2.09. The summed E-state index contributed by atoms with van der Waals surface area (Å²) in [7, 11) is 0. The predicted octanol–water partition coefficient (Wildman–Crippen LogP) is 5.52. The van der Waals surface area contributed by atoms with Crippen LogP contribution in [-0.2, 0) is 27.2 Å². The number of ether oxygens (including phenoxy) is 2. The Kier molecular flexibility index (Phi) is 10.1. The second kappa shape index (κ2) is 13.0. The van der Waals surface area contributed by atoms with E-state index < -0.39 is 11.9 Å². The van der Waals surface area contributed by atoms with Crippen molar-refractivity contribution in [3.05, 3.63) is 44.5 Å². The number of nitrogens with zero attached hydrogens (tertiary/aromatic N) is 3. The molecule has 0 aliphatic carbocycles. The Hall–Kier alpha value is -2.96. The summed E-state index contributed by atoms with van der Waals surface area (Å²) in [6.07, 6.45) is 2.64. The van der Waals surface area contributed by atoms with Gasteiger partial charge < -0.3 is 14.8 Å². The molecule has 0 radical (unpaired) electrons. The molecule has 3 aromatic heterocycles. The maximum absolute atomic E-state index is 12.9. The van der Waals surface area contributed by atoms with Gasteiger partial charge in [0.2, 0.25) is 5.91 Å². The van der Waals surface area contributed by atoms with E-state index in [0.29, 0.717) is 17.3 Å². The fourth-order valence-electron chi connectivity index (χ4n) is 3.73. The van der Waals surface area contributed by atoms with Gasteiger partial charge in [0.05, 0.1) is 24.5 Å². The number of aryl methyl sites for hydroxylation is 1. The van der Waals surface area contributed by atoms with E-state index in [4.69, 9.17) is 9.47 Å². The summed E-state index contributed by atoms with van der Waals surface area (Å²) < 4.78 is 12.2. The molecule has 3 heterocycles. The number of anilines is 1. The van der Waals surface area contributed by atoms with E-state index in [2.05, 4.69) is 41.3 Å². The first-order valence-corrected chi connectivity index (χ1v) is 14.5. The summed E-state index contributed by atoms with van der Waals surface area (Å²) in [5.74, 6) is -0.760. The molecule has 3 aromatic rings. The van der Waals surface area contributed by atoms with Crippen LogP contribution in [0.5, 0.6) is 0 Å². The van der Waals surface area contributed by atoms with E-state index in [9.17, 15) is 14.4 Å². The van der Waals surface area contributed by atoms with Crippen LogP contribution in [0, 0.1) is 13.8 Å². The van der Waals surface area contributed by atoms with Gasteiger partial charge in [-0.25, -0.2) is 9.59 Å².